The van der Waals surface area contributed by atoms with Gasteiger partial charge in [-0.25, -0.2) is 4.79 Å². The summed E-state index contributed by atoms with van der Waals surface area (Å²) < 4.78 is 1.89. The number of aromatic nitrogens is 2. The average molecular weight is 589 g/mol. The number of hydrogen-bond acceptors (Lipinski definition) is 5. The highest BCUT2D eigenvalue weighted by atomic mass is 16.2. The van der Waals surface area contributed by atoms with Crippen molar-refractivity contribution in [2.24, 2.45) is 23.5 Å². The normalized spacial score (nSPS) is 26.7. The largest absolute Gasteiger partial charge is 0.368 e. The first-order valence-electron chi connectivity index (χ1n) is 16.5. The van der Waals surface area contributed by atoms with Crippen molar-refractivity contribution in [1.82, 2.24) is 20.0 Å². The highest BCUT2D eigenvalue weighted by Crippen LogP contribution is 2.56. The molecule has 2 heterocycles. The van der Waals surface area contributed by atoms with E-state index in [1.54, 1.807) is 0 Å². The van der Waals surface area contributed by atoms with Gasteiger partial charge in [0, 0.05) is 55.6 Å². The van der Waals surface area contributed by atoms with Crippen LogP contribution >= 0.6 is 0 Å². The molecule has 9 heteroatoms. The van der Waals surface area contributed by atoms with Gasteiger partial charge < -0.3 is 20.9 Å². The van der Waals surface area contributed by atoms with Gasteiger partial charge in [-0.1, -0.05) is 31.9 Å². The Morgan fingerprint density at radius 2 is 1.84 bits per heavy atom. The first-order valence-corrected chi connectivity index (χ1v) is 16.5. The van der Waals surface area contributed by atoms with Gasteiger partial charge in [0.2, 0.25) is 5.91 Å². The number of hydrogen-bond donors (Lipinski definition) is 2. The number of rotatable bonds is 8. The number of fused-ring (bicyclic) bond motifs is 3. The van der Waals surface area contributed by atoms with E-state index in [9.17, 15) is 14.4 Å². The van der Waals surface area contributed by atoms with Crippen LogP contribution in [0.25, 0.3) is 0 Å². The van der Waals surface area contributed by atoms with Crippen LogP contribution in [0.15, 0.2) is 18.2 Å². The second-order valence-corrected chi connectivity index (χ2v) is 13.7. The van der Waals surface area contributed by atoms with Gasteiger partial charge in [0.05, 0.1) is 0 Å². The summed E-state index contributed by atoms with van der Waals surface area (Å²) in [6, 6.07) is 6.11. The van der Waals surface area contributed by atoms with Crippen LogP contribution < -0.4 is 16.0 Å². The molecule has 0 bridgehead atoms. The SMILES string of the molecule is Cc1cccc(N2CCN(C(=O)Cn3nc(C(=O)CCC4CCCC(NC(N)=O)CC4)c4c3C[C@H]3CC(C)[C@@H]43)CC2)c1C. The Hall–Kier alpha value is -3.36. The van der Waals surface area contributed by atoms with Crippen molar-refractivity contribution in [2.45, 2.75) is 97.1 Å². The van der Waals surface area contributed by atoms with Gasteiger partial charge in [0.25, 0.3) is 0 Å². The zero-order valence-electron chi connectivity index (χ0n) is 26.1. The fourth-order valence-electron chi connectivity index (χ4n) is 8.40. The highest BCUT2D eigenvalue weighted by molar-refractivity contribution is 5.96. The number of amides is 3. The maximum Gasteiger partial charge on any atom is 0.312 e. The van der Waals surface area contributed by atoms with Crippen molar-refractivity contribution in [3.63, 3.8) is 0 Å². The highest BCUT2D eigenvalue weighted by Gasteiger charge is 2.49. The molecule has 0 radical (unpaired) electrons. The predicted molar refractivity (Wildman–Crippen MR) is 167 cm³/mol. The van der Waals surface area contributed by atoms with Crippen LogP contribution in [0.2, 0.25) is 0 Å². The Balaban J connectivity index is 1.10. The van der Waals surface area contributed by atoms with Crippen LogP contribution in [-0.4, -0.2) is 64.6 Å². The molecule has 6 rings (SSSR count). The lowest BCUT2D eigenvalue weighted by Crippen LogP contribution is -2.50. The lowest BCUT2D eigenvalue weighted by molar-refractivity contribution is -0.132. The fourth-order valence-corrected chi connectivity index (χ4v) is 8.40. The zero-order chi connectivity index (χ0) is 30.2. The first kappa shape index (κ1) is 29.7. The van der Waals surface area contributed by atoms with Gasteiger partial charge in [-0.2, -0.15) is 5.10 Å². The molecule has 3 unspecified atom stereocenters. The Morgan fingerprint density at radius 1 is 1.05 bits per heavy atom. The third kappa shape index (κ3) is 6.04. The summed E-state index contributed by atoms with van der Waals surface area (Å²) in [5.74, 6) is 2.22. The van der Waals surface area contributed by atoms with E-state index in [1.165, 1.54) is 23.2 Å². The minimum Gasteiger partial charge on any atom is -0.368 e. The van der Waals surface area contributed by atoms with Crippen LogP contribution in [0, 0.1) is 31.6 Å². The molecule has 1 aliphatic heterocycles. The molecule has 3 aliphatic carbocycles. The molecule has 5 atom stereocenters. The van der Waals surface area contributed by atoms with Crippen molar-refractivity contribution in [2.75, 3.05) is 31.1 Å². The Kier molecular flexibility index (Phi) is 8.51. The zero-order valence-corrected chi connectivity index (χ0v) is 26.1. The van der Waals surface area contributed by atoms with Crippen molar-refractivity contribution < 1.29 is 14.4 Å². The van der Waals surface area contributed by atoms with E-state index in [1.807, 2.05) is 9.58 Å². The van der Waals surface area contributed by atoms with Crippen molar-refractivity contribution >= 4 is 23.4 Å². The number of nitrogens with two attached hydrogens (primary N) is 1. The van der Waals surface area contributed by atoms with Crippen LogP contribution in [0.5, 0.6) is 0 Å². The maximum atomic E-state index is 13.7. The topological polar surface area (TPSA) is 114 Å². The lowest BCUT2D eigenvalue weighted by Gasteiger charge is -2.38. The monoisotopic (exact) mass is 588 g/mol. The lowest BCUT2D eigenvalue weighted by atomic mass is 9.65. The number of urea groups is 1. The smallest absolute Gasteiger partial charge is 0.312 e. The molecule has 3 N–H and O–H groups in total. The third-order valence-corrected chi connectivity index (χ3v) is 11.0. The molecule has 2 saturated carbocycles. The molecular weight excluding hydrogens is 540 g/mol. The van der Waals surface area contributed by atoms with Gasteiger partial charge >= 0.3 is 6.03 Å². The summed E-state index contributed by atoms with van der Waals surface area (Å²) >= 11 is 0. The summed E-state index contributed by atoms with van der Waals surface area (Å²) in [7, 11) is 0. The Labute approximate surface area is 255 Å². The number of benzene rings is 1. The Bertz CT molecular complexity index is 1380. The van der Waals surface area contributed by atoms with E-state index in [0.717, 1.165) is 69.3 Å². The number of anilines is 1. The number of nitrogens with zero attached hydrogens (tertiary/aromatic N) is 4. The van der Waals surface area contributed by atoms with Crippen LogP contribution in [-0.2, 0) is 17.8 Å². The van der Waals surface area contributed by atoms with Crippen LogP contribution in [0.3, 0.4) is 0 Å². The molecule has 9 nitrogen and oxygen atoms in total. The maximum absolute atomic E-state index is 13.7. The van der Waals surface area contributed by atoms with Crippen molar-refractivity contribution in [3.05, 3.63) is 46.3 Å². The summed E-state index contributed by atoms with van der Waals surface area (Å²) in [4.78, 5) is 42.9. The first-order chi connectivity index (χ1) is 20.7. The van der Waals surface area contributed by atoms with E-state index < -0.39 is 6.03 Å². The standard InChI is InChI=1S/C34H48N6O3/c1-21-6-4-9-27(23(21)3)38-14-16-39(17-15-38)30(42)20-40-28-19-25-18-22(2)31(25)32(28)33(37-40)29(41)13-11-24-7-5-8-26(12-10-24)36-34(35)43/h4,6,9,22,24-26,31H,5,7-8,10-20H2,1-3H3,(H3,35,36,43)/t22?,24?,25-,26?,31-/m1/s1. The van der Waals surface area contributed by atoms with E-state index in [2.05, 4.69) is 49.2 Å². The quantitative estimate of drug-likeness (QED) is 0.342. The third-order valence-electron chi connectivity index (χ3n) is 11.0. The van der Waals surface area contributed by atoms with Gasteiger partial charge in [-0.15, -0.1) is 0 Å². The number of aryl methyl sites for hydroxylation is 1. The van der Waals surface area contributed by atoms with E-state index in [4.69, 9.17) is 10.8 Å². The molecular formula is C34H48N6O3. The van der Waals surface area contributed by atoms with Gasteiger partial charge in [-0.05, 0) is 93.2 Å². The molecule has 3 fully saturated rings. The molecule has 1 saturated heterocycles. The number of ketones is 1. The Morgan fingerprint density at radius 3 is 2.58 bits per heavy atom. The molecule has 4 aliphatic rings. The fraction of sp³-hybridized carbons (Fsp3) is 0.647. The second kappa shape index (κ2) is 12.3. The second-order valence-electron chi connectivity index (χ2n) is 13.7. The molecule has 2 aromatic rings. The minimum absolute atomic E-state index is 0.0924. The van der Waals surface area contributed by atoms with Gasteiger partial charge in [0.1, 0.15) is 12.2 Å². The number of Topliss-reactive ketones (excluding diaryl/α,β-unsaturated/α-hetero) is 1. The summed E-state index contributed by atoms with van der Waals surface area (Å²) in [5.41, 5.74) is 12.1. The van der Waals surface area contributed by atoms with E-state index in [0.29, 0.717) is 48.9 Å². The number of nitrogens with one attached hydrogen (secondary N) is 1. The van der Waals surface area contributed by atoms with Crippen LogP contribution in [0.4, 0.5) is 10.5 Å². The number of primary amides is 1. The predicted octanol–water partition coefficient (Wildman–Crippen LogP) is 4.72. The van der Waals surface area contributed by atoms with Crippen molar-refractivity contribution in [3.8, 4) is 0 Å². The molecule has 232 valence electrons. The average Bonchev–Trinajstić information content (AvgIpc) is 3.36. The molecule has 0 spiro atoms. The summed E-state index contributed by atoms with van der Waals surface area (Å²) in [6.45, 7) is 9.84. The number of carbonyl (C=O) groups is 3. The van der Waals surface area contributed by atoms with Gasteiger partial charge in [0.15, 0.2) is 5.78 Å². The molecule has 1 aromatic carbocycles. The van der Waals surface area contributed by atoms with Gasteiger partial charge in [-0.3, -0.25) is 14.3 Å². The van der Waals surface area contributed by atoms with Crippen molar-refractivity contribution in [1.29, 1.82) is 0 Å². The number of piperazine rings is 1. The molecule has 43 heavy (non-hydrogen) atoms. The minimum atomic E-state index is -0.454. The molecule has 1 aromatic heterocycles. The number of carbonyl (C=O) groups excluding carboxylic acids is 3. The summed E-state index contributed by atoms with van der Waals surface area (Å²) in [5, 5.41) is 7.74. The van der Waals surface area contributed by atoms with Crippen LogP contribution in [0.1, 0.15) is 97.1 Å². The van der Waals surface area contributed by atoms with E-state index >= 15 is 0 Å². The summed E-state index contributed by atoms with van der Waals surface area (Å²) in [6.07, 6.45) is 8.41. The van der Waals surface area contributed by atoms with E-state index in [-0.39, 0.29) is 24.3 Å². The molecule has 3 amide bonds.